The van der Waals surface area contributed by atoms with Crippen LogP contribution in [0.2, 0.25) is 0 Å². The van der Waals surface area contributed by atoms with E-state index in [1.807, 2.05) is 0 Å². The van der Waals surface area contributed by atoms with Crippen LogP contribution in [0.5, 0.6) is 0 Å². The lowest BCUT2D eigenvalue weighted by Gasteiger charge is -2.03. The van der Waals surface area contributed by atoms with E-state index < -0.39 is 0 Å². The first-order chi connectivity index (χ1) is 4.77. The molecule has 0 amide bonds. The molecule has 1 atom stereocenters. The summed E-state index contributed by atoms with van der Waals surface area (Å²) < 4.78 is 5.19. The smallest absolute Gasteiger partial charge is 0.0534 e. The number of aliphatic hydroxyl groups excluding tert-OH is 1. The monoisotopic (exact) mass is 210 g/mol. The molecule has 0 aliphatic rings. The molecule has 0 aromatic heterocycles. The van der Waals surface area contributed by atoms with Gasteiger partial charge in [0.05, 0.1) is 6.10 Å². The summed E-state index contributed by atoms with van der Waals surface area (Å²) in [5, 5.41) is 9.81. The van der Waals surface area contributed by atoms with Gasteiger partial charge in [-0.1, -0.05) is 15.9 Å². The summed E-state index contributed by atoms with van der Waals surface area (Å²) in [6.07, 6.45) is 1.55. The third-order valence-corrected chi connectivity index (χ3v) is 1.66. The van der Waals surface area contributed by atoms with Crippen LogP contribution in [0.1, 0.15) is 19.8 Å². The van der Waals surface area contributed by atoms with Crippen LogP contribution in [0.4, 0.5) is 0 Å². The zero-order chi connectivity index (χ0) is 7.82. The Balaban J connectivity index is 2.77. The van der Waals surface area contributed by atoms with Crippen molar-refractivity contribution in [3.8, 4) is 0 Å². The minimum absolute atomic E-state index is 0.232. The second-order valence-electron chi connectivity index (χ2n) is 2.29. The van der Waals surface area contributed by atoms with Crippen molar-refractivity contribution in [2.45, 2.75) is 25.9 Å². The maximum atomic E-state index is 8.82. The Morgan fingerprint density at radius 1 is 1.50 bits per heavy atom. The Morgan fingerprint density at radius 2 is 2.20 bits per heavy atom. The van der Waals surface area contributed by atoms with Crippen LogP contribution in [0.15, 0.2) is 0 Å². The minimum atomic E-state index is -0.232. The molecule has 0 unspecified atom stereocenters. The highest BCUT2D eigenvalue weighted by atomic mass is 79.9. The molecule has 0 fully saturated rings. The molecule has 0 aromatic carbocycles. The van der Waals surface area contributed by atoms with Gasteiger partial charge in [-0.05, 0) is 19.8 Å². The maximum Gasteiger partial charge on any atom is 0.0534 e. The van der Waals surface area contributed by atoms with Crippen LogP contribution in [0.3, 0.4) is 0 Å². The Bertz CT molecular complexity index is 66.6. The molecule has 0 heterocycles. The van der Waals surface area contributed by atoms with Crippen molar-refractivity contribution < 1.29 is 9.84 Å². The van der Waals surface area contributed by atoms with E-state index in [1.54, 1.807) is 6.92 Å². The number of aliphatic hydroxyl groups is 1. The summed E-state index contributed by atoms with van der Waals surface area (Å²) in [6, 6.07) is 0. The van der Waals surface area contributed by atoms with Crippen LogP contribution in [0, 0.1) is 0 Å². The molecule has 0 bridgehead atoms. The summed E-state index contributed by atoms with van der Waals surface area (Å²) in [5.41, 5.74) is 0. The van der Waals surface area contributed by atoms with Gasteiger partial charge >= 0.3 is 0 Å². The van der Waals surface area contributed by atoms with Gasteiger partial charge in [0.2, 0.25) is 0 Å². The van der Waals surface area contributed by atoms with E-state index in [-0.39, 0.29) is 6.10 Å². The van der Waals surface area contributed by atoms with Gasteiger partial charge < -0.3 is 9.84 Å². The number of ether oxygens (including phenoxy) is 1. The number of alkyl halides is 1. The minimum Gasteiger partial charge on any atom is -0.393 e. The molecule has 3 heteroatoms. The summed E-state index contributed by atoms with van der Waals surface area (Å²) in [7, 11) is 0. The van der Waals surface area contributed by atoms with Crippen LogP contribution in [0.25, 0.3) is 0 Å². The van der Waals surface area contributed by atoms with Gasteiger partial charge in [0.1, 0.15) is 0 Å². The van der Waals surface area contributed by atoms with Crippen LogP contribution in [-0.2, 0) is 4.74 Å². The highest BCUT2D eigenvalue weighted by Crippen LogP contribution is 1.92. The Hall–Kier alpha value is 0.400. The molecule has 0 saturated heterocycles. The Kier molecular flexibility index (Phi) is 7.81. The molecule has 62 valence electrons. The van der Waals surface area contributed by atoms with Gasteiger partial charge in [-0.3, -0.25) is 0 Å². The first-order valence-electron chi connectivity index (χ1n) is 3.59. The van der Waals surface area contributed by atoms with Crippen molar-refractivity contribution in [1.82, 2.24) is 0 Å². The molecular weight excluding hydrogens is 196 g/mol. The predicted octanol–water partition coefficient (Wildman–Crippen LogP) is 1.56. The first kappa shape index (κ1) is 10.4. The molecule has 1 N–H and O–H groups in total. The lowest BCUT2D eigenvalue weighted by Crippen LogP contribution is -2.06. The van der Waals surface area contributed by atoms with Crippen molar-refractivity contribution in [2.24, 2.45) is 0 Å². The van der Waals surface area contributed by atoms with Gasteiger partial charge in [-0.2, -0.15) is 0 Å². The van der Waals surface area contributed by atoms with Gasteiger partial charge in [-0.15, -0.1) is 0 Å². The van der Waals surface area contributed by atoms with Gasteiger partial charge in [0.15, 0.2) is 0 Å². The lowest BCUT2D eigenvalue weighted by molar-refractivity contribution is 0.0902. The summed E-state index contributed by atoms with van der Waals surface area (Å²) in [6.45, 7) is 3.23. The number of halogens is 1. The molecule has 0 rings (SSSR count). The molecule has 10 heavy (non-hydrogen) atoms. The molecule has 2 nitrogen and oxygen atoms in total. The van der Waals surface area contributed by atoms with E-state index >= 15 is 0 Å². The fraction of sp³-hybridized carbons (Fsp3) is 1.00. The van der Waals surface area contributed by atoms with Gasteiger partial charge in [0, 0.05) is 18.5 Å². The van der Waals surface area contributed by atoms with Gasteiger partial charge in [-0.25, -0.2) is 0 Å². The summed E-state index contributed by atoms with van der Waals surface area (Å²) >= 11 is 3.30. The highest BCUT2D eigenvalue weighted by molar-refractivity contribution is 9.09. The Morgan fingerprint density at radius 3 is 2.70 bits per heavy atom. The van der Waals surface area contributed by atoms with Gasteiger partial charge in [0.25, 0.3) is 0 Å². The van der Waals surface area contributed by atoms with Crippen molar-refractivity contribution in [2.75, 3.05) is 18.5 Å². The van der Waals surface area contributed by atoms with Crippen molar-refractivity contribution in [1.29, 1.82) is 0 Å². The Labute approximate surface area is 70.7 Å². The quantitative estimate of drug-likeness (QED) is 0.533. The van der Waals surface area contributed by atoms with Crippen LogP contribution in [-0.4, -0.2) is 29.8 Å². The first-order valence-corrected chi connectivity index (χ1v) is 4.71. The van der Waals surface area contributed by atoms with E-state index in [0.29, 0.717) is 6.61 Å². The molecule has 0 radical (unpaired) electrons. The van der Waals surface area contributed by atoms with Crippen LogP contribution >= 0.6 is 15.9 Å². The van der Waals surface area contributed by atoms with E-state index in [4.69, 9.17) is 9.84 Å². The molecule has 0 aromatic rings. The van der Waals surface area contributed by atoms with E-state index in [9.17, 15) is 0 Å². The van der Waals surface area contributed by atoms with Crippen molar-refractivity contribution >= 4 is 15.9 Å². The second kappa shape index (κ2) is 7.51. The maximum absolute atomic E-state index is 8.82. The fourth-order valence-corrected chi connectivity index (χ4v) is 0.741. The number of hydrogen-bond acceptors (Lipinski definition) is 2. The molecule has 0 saturated carbocycles. The lowest BCUT2D eigenvalue weighted by atomic mass is 10.3. The third-order valence-electron chi connectivity index (χ3n) is 1.10. The topological polar surface area (TPSA) is 29.5 Å². The second-order valence-corrected chi connectivity index (χ2v) is 3.09. The van der Waals surface area contributed by atoms with E-state index in [0.717, 1.165) is 24.8 Å². The average Bonchev–Trinajstić information content (AvgIpc) is 1.87. The zero-order valence-electron chi connectivity index (χ0n) is 6.35. The third kappa shape index (κ3) is 8.40. The normalized spacial score (nSPS) is 13.5. The van der Waals surface area contributed by atoms with Crippen LogP contribution < -0.4 is 0 Å². The number of rotatable bonds is 6. The zero-order valence-corrected chi connectivity index (χ0v) is 7.93. The van der Waals surface area contributed by atoms with Crippen molar-refractivity contribution in [3.63, 3.8) is 0 Å². The standard InChI is InChI=1S/C7H15BrO2/c1-7(9)3-6-10-5-2-4-8/h7,9H,2-6H2,1H3/t7-/m0/s1. The molecule has 0 spiro atoms. The fourth-order valence-electron chi connectivity index (χ4n) is 0.513. The molecule has 0 aliphatic carbocycles. The number of hydrogen-bond donors (Lipinski definition) is 1. The SMILES string of the molecule is C[C@H](O)CCOCCCBr. The highest BCUT2D eigenvalue weighted by Gasteiger charge is 1.93. The summed E-state index contributed by atoms with van der Waals surface area (Å²) in [4.78, 5) is 0. The average molecular weight is 211 g/mol. The summed E-state index contributed by atoms with van der Waals surface area (Å²) in [5.74, 6) is 0. The predicted molar refractivity (Wildman–Crippen MR) is 45.5 cm³/mol. The van der Waals surface area contributed by atoms with E-state index in [2.05, 4.69) is 15.9 Å². The van der Waals surface area contributed by atoms with E-state index in [1.165, 1.54) is 0 Å². The molecule has 0 aliphatic heterocycles. The molecular formula is C7H15BrO2. The largest absolute Gasteiger partial charge is 0.393 e. The van der Waals surface area contributed by atoms with Crippen molar-refractivity contribution in [3.05, 3.63) is 0 Å².